The van der Waals surface area contributed by atoms with Crippen molar-refractivity contribution in [3.05, 3.63) is 81.0 Å². The van der Waals surface area contributed by atoms with Gasteiger partial charge in [0.05, 0.1) is 55.7 Å². The molecule has 19 nitrogen and oxygen atoms in total. The van der Waals surface area contributed by atoms with Crippen molar-refractivity contribution in [3.8, 4) is 0 Å². The van der Waals surface area contributed by atoms with Crippen molar-refractivity contribution in [2.45, 2.75) is 76.5 Å². The molecule has 0 bridgehead atoms. The number of nitrogens with two attached hydrogens (primary N) is 1. The van der Waals surface area contributed by atoms with E-state index in [-0.39, 0.29) is 40.5 Å². The van der Waals surface area contributed by atoms with Gasteiger partial charge in [-0.05, 0) is 128 Å². The molecule has 3 aliphatic heterocycles. The Bertz CT molecular complexity index is 1810. The molecule has 62 heavy (non-hydrogen) atoms. The third kappa shape index (κ3) is 14.7. The molecular formula is C42H69FN12O7. The number of halogens is 1. The van der Waals surface area contributed by atoms with Crippen LogP contribution >= 0.6 is 0 Å². The minimum Gasteiger partial charge on any atom is -0.384 e. The average molecular weight is 873 g/mol. The maximum Gasteiger partial charge on any atom is 0.363 e. The van der Waals surface area contributed by atoms with Crippen molar-refractivity contribution in [3.63, 3.8) is 0 Å². The van der Waals surface area contributed by atoms with Gasteiger partial charge in [-0.3, -0.25) is 0 Å². The number of anilines is 3. The molecule has 3 atom stereocenters. The standard InChI is InChI=1S/C14H22N4O3.C14H24N4O.C9H20N2O.C5H3FN2O2/c1-14(2,16(3)4)12-10-17(7-8-21-12)11-5-6-13(15-9-11)18(19)20;1-14(2,17(3)4)12-10-18(7-8-19-12)11-5-6-13(15)16-9-11;1-9(2,11(3)4)8-7-10-5-6-12-8;6-4-1-2-5(7-3-4)8(9)10/h5-6,9,12H,7-8,10H2,1-4H3;5-6,9,12H,7-8,10H2,1-4H3,(H2,15,16);8,10H,5-7H2,1-4H3;1-3H. The topological polar surface area (TPSA) is 207 Å². The maximum absolute atomic E-state index is 12.1. The number of nitro groups is 2. The molecule has 0 aliphatic carbocycles. The first-order chi connectivity index (χ1) is 29.0. The molecule has 0 radical (unpaired) electrons. The van der Waals surface area contributed by atoms with Gasteiger partial charge in [-0.15, -0.1) is 0 Å². The lowest BCUT2D eigenvalue weighted by Crippen LogP contribution is -2.57. The SMILES string of the molecule is CN(C)C(C)(C)C1CN(c2ccc(N)nc2)CCO1.CN(C)C(C)(C)C1CN(c2ccc([N+](=O)[O-])nc2)CCO1.CN(C)C(C)(C)C1CNCCO1.O=[N+]([O-])c1ccc(F)cn1. The molecule has 3 aromatic rings. The van der Waals surface area contributed by atoms with Crippen LogP contribution in [0.25, 0.3) is 0 Å². The van der Waals surface area contributed by atoms with E-state index < -0.39 is 15.7 Å². The fraction of sp³-hybridized carbons (Fsp3) is 0.643. The van der Waals surface area contributed by atoms with Gasteiger partial charge < -0.3 is 70.0 Å². The van der Waals surface area contributed by atoms with Crippen LogP contribution in [0.5, 0.6) is 0 Å². The summed E-state index contributed by atoms with van der Waals surface area (Å²) in [6.45, 7) is 20.6. The van der Waals surface area contributed by atoms with Crippen molar-refractivity contribution in [1.82, 2.24) is 35.0 Å². The highest BCUT2D eigenvalue weighted by Gasteiger charge is 2.38. The van der Waals surface area contributed by atoms with Gasteiger partial charge in [0.2, 0.25) is 0 Å². The van der Waals surface area contributed by atoms with E-state index in [0.29, 0.717) is 18.5 Å². The molecule has 3 saturated heterocycles. The summed E-state index contributed by atoms with van der Waals surface area (Å²) in [5.74, 6) is -0.494. The number of nitrogens with one attached hydrogen (secondary N) is 1. The molecule has 346 valence electrons. The lowest BCUT2D eigenvalue weighted by molar-refractivity contribution is -0.389. The van der Waals surface area contributed by atoms with E-state index in [1.165, 1.54) is 6.07 Å². The number of likely N-dealkylation sites (N-methyl/N-ethyl adjacent to an activating group) is 3. The minimum absolute atomic E-state index is 0.0000926. The average Bonchev–Trinajstić information content (AvgIpc) is 3.25. The van der Waals surface area contributed by atoms with Crippen LogP contribution in [0.15, 0.2) is 55.0 Å². The van der Waals surface area contributed by atoms with Gasteiger partial charge in [-0.25, -0.2) is 9.37 Å². The zero-order valence-corrected chi connectivity index (χ0v) is 38.6. The van der Waals surface area contributed by atoms with Gasteiger partial charge in [-0.2, -0.15) is 0 Å². The molecule has 20 heteroatoms. The molecule has 0 aromatic carbocycles. The Morgan fingerprint density at radius 3 is 1.44 bits per heavy atom. The smallest absolute Gasteiger partial charge is 0.363 e. The highest BCUT2D eigenvalue weighted by atomic mass is 19.1. The normalized spacial score (nSPS) is 19.7. The molecular weight excluding hydrogens is 804 g/mol. The van der Waals surface area contributed by atoms with Crippen molar-refractivity contribution in [2.75, 3.05) is 117 Å². The Balaban J connectivity index is 0.000000229. The van der Waals surface area contributed by atoms with E-state index in [1.54, 1.807) is 12.3 Å². The Hall–Kier alpha value is -4.70. The van der Waals surface area contributed by atoms with Crippen molar-refractivity contribution in [1.29, 1.82) is 0 Å². The number of hydrogen-bond acceptors (Lipinski definition) is 17. The van der Waals surface area contributed by atoms with Crippen LogP contribution in [-0.4, -0.2) is 176 Å². The van der Waals surface area contributed by atoms with Crippen LogP contribution < -0.4 is 20.9 Å². The summed E-state index contributed by atoms with van der Waals surface area (Å²) in [5.41, 5.74) is 7.66. The quantitative estimate of drug-likeness (QED) is 0.216. The van der Waals surface area contributed by atoms with Crippen LogP contribution in [0.4, 0.5) is 33.2 Å². The molecule has 6 heterocycles. The first-order valence-electron chi connectivity index (χ1n) is 20.6. The fourth-order valence-corrected chi connectivity index (χ4v) is 6.24. The first-order valence-corrected chi connectivity index (χ1v) is 20.6. The summed E-state index contributed by atoms with van der Waals surface area (Å²) >= 11 is 0. The molecule has 3 unspecified atom stereocenters. The largest absolute Gasteiger partial charge is 0.384 e. The number of ether oxygens (including phenoxy) is 3. The predicted molar refractivity (Wildman–Crippen MR) is 240 cm³/mol. The summed E-state index contributed by atoms with van der Waals surface area (Å²) < 4.78 is 29.6. The second-order valence-electron chi connectivity index (χ2n) is 17.5. The first kappa shape index (κ1) is 51.6. The van der Waals surface area contributed by atoms with Gasteiger partial charge >= 0.3 is 11.6 Å². The van der Waals surface area contributed by atoms with Gasteiger partial charge in [0, 0.05) is 68.0 Å². The van der Waals surface area contributed by atoms with Gasteiger partial charge in [0.15, 0.2) is 18.2 Å². The van der Waals surface area contributed by atoms with Gasteiger partial charge in [0.25, 0.3) is 0 Å². The molecule has 0 amide bonds. The maximum atomic E-state index is 12.1. The molecule has 0 saturated carbocycles. The summed E-state index contributed by atoms with van der Waals surface area (Å²) in [6, 6.07) is 9.05. The van der Waals surface area contributed by atoms with E-state index in [9.17, 15) is 24.6 Å². The van der Waals surface area contributed by atoms with Crippen LogP contribution in [0, 0.1) is 26.0 Å². The van der Waals surface area contributed by atoms with Gasteiger partial charge in [0.1, 0.15) is 5.82 Å². The third-order valence-electron chi connectivity index (χ3n) is 12.2. The molecule has 3 N–H and O–H groups in total. The minimum atomic E-state index is -0.681. The highest BCUT2D eigenvalue weighted by Crippen LogP contribution is 2.27. The second-order valence-corrected chi connectivity index (χ2v) is 17.5. The molecule has 3 fully saturated rings. The third-order valence-corrected chi connectivity index (χ3v) is 12.2. The Morgan fingerprint density at radius 1 is 0.661 bits per heavy atom. The zero-order valence-electron chi connectivity index (χ0n) is 38.6. The van der Waals surface area contributed by atoms with Crippen LogP contribution in [-0.2, 0) is 14.2 Å². The summed E-state index contributed by atoms with van der Waals surface area (Å²) in [5, 5.41) is 23.9. The number of hydrogen-bond donors (Lipinski definition) is 2. The lowest BCUT2D eigenvalue weighted by Gasteiger charge is -2.45. The van der Waals surface area contributed by atoms with Crippen LogP contribution in [0.3, 0.4) is 0 Å². The Kier molecular flexibility index (Phi) is 19.3. The number of aromatic nitrogens is 3. The predicted octanol–water partition coefficient (Wildman–Crippen LogP) is 4.19. The van der Waals surface area contributed by atoms with Crippen molar-refractivity contribution < 1.29 is 28.4 Å². The van der Waals surface area contributed by atoms with E-state index >= 15 is 0 Å². The van der Waals surface area contributed by atoms with E-state index in [4.69, 9.17) is 19.9 Å². The van der Waals surface area contributed by atoms with E-state index in [2.05, 4.69) is 115 Å². The summed E-state index contributed by atoms with van der Waals surface area (Å²) in [6.07, 6.45) is 4.74. The lowest BCUT2D eigenvalue weighted by atomic mass is 9.94. The summed E-state index contributed by atoms with van der Waals surface area (Å²) in [7, 11) is 12.4. The van der Waals surface area contributed by atoms with Crippen LogP contribution in [0.1, 0.15) is 41.5 Å². The number of nitrogens with zero attached hydrogens (tertiary/aromatic N) is 10. The molecule has 3 aliphatic rings. The van der Waals surface area contributed by atoms with E-state index in [0.717, 1.165) is 82.2 Å². The monoisotopic (exact) mass is 873 g/mol. The number of pyridine rings is 3. The number of rotatable bonds is 10. The van der Waals surface area contributed by atoms with Crippen LogP contribution in [0.2, 0.25) is 0 Å². The molecule has 0 spiro atoms. The Labute approximate surface area is 366 Å². The molecule has 3 aromatic heterocycles. The fourth-order valence-electron chi connectivity index (χ4n) is 6.24. The second kappa shape index (κ2) is 23.1. The number of nitrogen functional groups attached to an aromatic ring is 1. The Morgan fingerprint density at radius 2 is 1.08 bits per heavy atom. The zero-order chi connectivity index (χ0) is 46.4. The highest BCUT2D eigenvalue weighted by molar-refractivity contribution is 5.49. The van der Waals surface area contributed by atoms with Crippen molar-refractivity contribution >= 4 is 28.8 Å². The van der Waals surface area contributed by atoms with Crippen molar-refractivity contribution in [2.24, 2.45) is 0 Å². The summed E-state index contributed by atoms with van der Waals surface area (Å²) in [4.78, 5) is 41.7. The molecule has 6 rings (SSSR count). The van der Waals surface area contributed by atoms with Gasteiger partial charge in [-0.1, -0.05) is 0 Å². The van der Waals surface area contributed by atoms with E-state index in [1.807, 2.05) is 32.4 Å². The number of morpholine rings is 3.